The number of carbonyl (C=O) groups excluding carboxylic acids is 1. The van der Waals surface area contributed by atoms with E-state index in [2.05, 4.69) is 33.4 Å². The van der Waals surface area contributed by atoms with Crippen molar-refractivity contribution in [2.24, 2.45) is 0 Å². The molecule has 4 rings (SSSR count). The molecule has 0 atom stereocenters. The Labute approximate surface area is 186 Å². The van der Waals surface area contributed by atoms with Crippen LogP contribution in [0, 0.1) is 0 Å². The molecule has 4 nitrogen and oxygen atoms in total. The zero-order valence-corrected chi connectivity index (χ0v) is 18.6. The number of nitrogens with zero attached hydrogens (tertiary/aromatic N) is 2. The van der Waals surface area contributed by atoms with E-state index >= 15 is 0 Å². The highest BCUT2D eigenvalue weighted by atomic mass is 16.1. The fraction of sp³-hybridized carbons (Fsp3) is 0.481. The lowest BCUT2D eigenvalue weighted by Gasteiger charge is -2.34. The summed E-state index contributed by atoms with van der Waals surface area (Å²) in [5.74, 6) is 0.714. The fourth-order valence-corrected chi connectivity index (χ4v) is 5.04. The van der Waals surface area contributed by atoms with Crippen molar-refractivity contribution in [1.29, 1.82) is 0 Å². The quantitative estimate of drug-likeness (QED) is 0.498. The van der Waals surface area contributed by atoms with Crippen molar-refractivity contribution in [3.05, 3.63) is 71.1 Å². The summed E-state index contributed by atoms with van der Waals surface area (Å²) in [4.78, 5) is 18.6. The van der Waals surface area contributed by atoms with E-state index in [1.54, 1.807) is 41.2 Å². The lowest BCUT2D eigenvalue weighted by molar-refractivity contribution is -0.116. The minimum Gasteiger partial charge on any atom is -0.353 e. The highest BCUT2D eigenvalue weighted by molar-refractivity contribution is 5.91. The molecule has 164 valence electrons. The summed E-state index contributed by atoms with van der Waals surface area (Å²) in [5.41, 5.74) is 5.89. The van der Waals surface area contributed by atoms with Crippen LogP contribution in [0.2, 0.25) is 0 Å². The molecule has 2 aliphatic rings. The van der Waals surface area contributed by atoms with Crippen molar-refractivity contribution < 1.29 is 4.79 Å². The molecule has 2 aromatic rings. The van der Waals surface area contributed by atoms with Gasteiger partial charge in [0.05, 0.1) is 0 Å². The second-order valence-corrected chi connectivity index (χ2v) is 8.93. The number of piperidine rings is 1. The van der Waals surface area contributed by atoms with Gasteiger partial charge in [-0.15, -0.1) is 0 Å². The minimum atomic E-state index is -0.0316. The van der Waals surface area contributed by atoms with E-state index in [-0.39, 0.29) is 5.91 Å². The number of hydrogen-bond acceptors (Lipinski definition) is 3. The van der Waals surface area contributed by atoms with E-state index in [0.29, 0.717) is 0 Å². The zero-order valence-electron chi connectivity index (χ0n) is 18.6. The van der Waals surface area contributed by atoms with Crippen molar-refractivity contribution in [3.8, 4) is 0 Å². The molecule has 0 unspecified atom stereocenters. The number of amides is 1. The number of rotatable bonds is 8. The van der Waals surface area contributed by atoms with Crippen LogP contribution < -0.4 is 5.32 Å². The number of aryl methyl sites for hydroxylation is 1. The SMILES string of the molecule is O=C(/C=C/c1cccnc1)NCCCCN1CCC(c2cccc3c2CCCC3)CC1. The van der Waals surface area contributed by atoms with Crippen LogP contribution in [0.5, 0.6) is 0 Å². The van der Waals surface area contributed by atoms with Gasteiger partial charge in [0.15, 0.2) is 0 Å². The molecular formula is C27H35N3O. The molecule has 0 bridgehead atoms. The number of hydrogen-bond donors (Lipinski definition) is 1. The zero-order chi connectivity index (χ0) is 21.3. The number of carbonyl (C=O) groups is 1. The largest absolute Gasteiger partial charge is 0.353 e. The minimum absolute atomic E-state index is 0.0316. The van der Waals surface area contributed by atoms with Crippen LogP contribution in [0.25, 0.3) is 6.08 Å². The normalized spacial score (nSPS) is 17.5. The molecule has 0 spiro atoms. The van der Waals surface area contributed by atoms with Crippen molar-refractivity contribution in [3.63, 3.8) is 0 Å². The highest BCUT2D eigenvalue weighted by Gasteiger charge is 2.24. The van der Waals surface area contributed by atoms with Gasteiger partial charge in [-0.05, 0) is 111 Å². The molecular weight excluding hydrogens is 382 g/mol. The van der Waals surface area contributed by atoms with Gasteiger partial charge in [0, 0.05) is 25.0 Å². The van der Waals surface area contributed by atoms with E-state index in [1.807, 2.05) is 12.1 Å². The average Bonchev–Trinajstić information content (AvgIpc) is 2.83. The first-order valence-electron chi connectivity index (χ1n) is 12.0. The first kappa shape index (κ1) is 21.8. The second kappa shape index (κ2) is 11.2. The molecule has 4 heteroatoms. The maximum Gasteiger partial charge on any atom is 0.243 e. The van der Waals surface area contributed by atoms with Gasteiger partial charge >= 0.3 is 0 Å². The lowest BCUT2D eigenvalue weighted by Crippen LogP contribution is -2.34. The topological polar surface area (TPSA) is 45.2 Å². The van der Waals surface area contributed by atoms with Crippen molar-refractivity contribution in [2.75, 3.05) is 26.2 Å². The van der Waals surface area contributed by atoms with Crippen molar-refractivity contribution in [2.45, 2.75) is 57.3 Å². The average molecular weight is 418 g/mol. The summed E-state index contributed by atoms with van der Waals surface area (Å²) < 4.78 is 0. The first-order chi connectivity index (χ1) is 15.3. The second-order valence-electron chi connectivity index (χ2n) is 8.93. The predicted molar refractivity (Wildman–Crippen MR) is 127 cm³/mol. The van der Waals surface area contributed by atoms with E-state index in [0.717, 1.165) is 37.4 Å². The molecule has 1 saturated heterocycles. The van der Waals surface area contributed by atoms with Gasteiger partial charge in [0.1, 0.15) is 0 Å². The molecule has 1 aromatic carbocycles. The standard InChI is InChI=1S/C27H35N3O/c31-27(13-12-22-7-6-16-28-21-22)29-17-3-4-18-30-19-14-24(15-20-30)26-11-5-9-23-8-1-2-10-25(23)26/h5-7,9,11-13,16,21,24H,1-4,8,10,14-15,17-20H2,(H,29,31)/b13-12+. The molecule has 1 N–H and O–H groups in total. The van der Waals surface area contributed by atoms with Gasteiger partial charge in [0.25, 0.3) is 0 Å². The number of likely N-dealkylation sites (tertiary alicyclic amines) is 1. The first-order valence-corrected chi connectivity index (χ1v) is 12.0. The summed E-state index contributed by atoms with van der Waals surface area (Å²) in [7, 11) is 0. The molecule has 1 amide bonds. The van der Waals surface area contributed by atoms with Gasteiger partial charge in [-0.2, -0.15) is 0 Å². The van der Waals surface area contributed by atoms with Crippen molar-refractivity contribution >= 4 is 12.0 Å². The van der Waals surface area contributed by atoms with Crippen molar-refractivity contribution in [1.82, 2.24) is 15.2 Å². The Morgan fingerprint density at radius 3 is 2.81 bits per heavy atom. The summed E-state index contributed by atoms with van der Waals surface area (Å²) in [5, 5.41) is 2.98. The predicted octanol–water partition coefficient (Wildman–Crippen LogP) is 4.75. The number of benzene rings is 1. The van der Waals surface area contributed by atoms with Crippen LogP contribution >= 0.6 is 0 Å². The fourth-order valence-electron chi connectivity index (χ4n) is 5.04. The number of pyridine rings is 1. The molecule has 2 heterocycles. The van der Waals surface area contributed by atoms with Gasteiger partial charge in [-0.3, -0.25) is 9.78 Å². The number of aromatic nitrogens is 1. The van der Waals surface area contributed by atoms with Crippen LogP contribution in [-0.2, 0) is 17.6 Å². The van der Waals surface area contributed by atoms with Gasteiger partial charge < -0.3 is 10.2 Å². The number of fused-ring (bicyclic) bond motifs is 1. The Balaban J connectivity index is 1.12. The maximum absolute atomic E-state index is 11.9. The summed E-state index contributed by atoms with van der Waals surface area (Å²) in [6, 6.07) is 10.8. The molecule has 1 aliphatic heterocycles. The molecule has 1 fully saturated rings. The molecule has 1 aromatic heterocycles. The van der Waals surface area contributed by atoms with Crippen LogP contribution in [0.4, 0.5) is 0 Å². The van der Waals surface area contributed by atoms with E-state index in [4.69, 9.17) is 0 Å². The summed E-state index contributed by atoms with van der Waals surface area (Å²) in [6.45, 7) is 4.28. The molecule has 1 aliphatic carbocycles. The Morgan fingerprint density at radius 2 is 1.97 bits per heavy atom. The van der Waals surface area contributed by atoms with E-state index < -0.39 is 0 Å². The Morgan fingerprint density at radius 1 is 1.10 bits per heavy atom. The van der Waals surface area contributed by atoms with Gasteiger partial charge in [-0.1, -0.05) is 24.3 Å². The molecule has 0 radical (unpaired) electrons. The lowest BCUT2D eigenvalue weighted by atomic mass is 9.80. The Hall–Kier alpha value is -2.46. The third kappa shape index (κ3) is 6.27. The van der Waals surface area contributed by atoms with E-state index in [1.165, 1.54) is 51.6 Å². The third-order valence-electron chi connectivity index (χ3n) is 6.77. The molecule has 31 heavy (non-hydrogen) atoms. The summed E-state index contributed by atoms with van der Waals surface area (Å²) in [6.07, 6.45) is 16.9. The maximum atomic E-state index is 11.9. The van der Waals surface area contributed by atoms with E-state index in [9.17, 15) is 4.79 Å². The van der Waals surface area contributed by atoms with Crippen LogP contribution in [0.3, 0.4) is 0 Å². The Kier molecular flexibility index (Phi) is 7.89. The van der Waals surface area contributed by atoms with Crippen LogP contribution in [0.1, 0.15) is 66.7 Å². The third-order valence-corrected chi connectivity index (χ3v) is 6.77. The number of nitrogens with one attached hydrogen (secondary N) is 1. The summed E-state index contributed by atoms with van der Waals surface area (Å²) >= 11 is 0. The van der Waals surface area contributed by atoms with Gasteiger partial charge in [-0.25, -0.2) is 0 Å². The highest BCUT2D eigenvalue weighted by Crippen LogP contribution is 2.34. The Bertz CT molecular complexity index is 869. The van der Waals surface area contributed by atoms with Crippen LogP contribution in [0.15, 0.2) is 48.8 Å². The molecule has 0 saturated carbocycles. The number of unbranched alkanes of at least 4 members (excludes halogenated alkanes) is 1. The van der Waals surface area contributed by atoms with Crippen LogP contribution in [-0.4, -0.2) is 42.0 Å². The monoisotopic (exact) mass is 417 g/mol. The van der Waals surface area contributed by atoms with Gasteiger partial charge in [0.2, 0.25) is 5.91 Å². The smallest absolute Gasteiger partial charge is 0.243 e.